The molecule has 0 spiro atoms. The lowest BCUT2D eigenvalue weighted by Gasteiger charge is -2.12. The van der Waals surface area contributed by atoms with Gasteiger partial charge in [0, 0.05) is 30.2 Å². The van der Waals surface area contributed by atoms with E-state index in [4.69, 9.17) is 4.42 Å². The van der Waals surface area contributed by atoms with Gasteiger partial charge in [-0.1, -0.05) is 0 Å². The number of aldehydes is 1. The van der Waals surface area contributed by atoms with Crippen LogP contribution in [0.25, 0.3) is 33.6 Å². The van der Waals surface area contributed by atoms with Crippen LogP contribution in [0.3, 0.4) is 0 Å². The molecule has 4 aromatic rings. The van der Waals surface area contributed by atoms with Crippen molar-refractivity contribution in [1.82, 2.24) is 10.3 Å². The lowest BCUT2D eigenvalue weighted by Crippen LogP contribution is -2.18. The molecule has 2 aromatic carbocycles. The van der Waals surface area contributed by atoms with Crippen molar-refractivity contribution < 1.29 is 36.0 Å². The van der Waals surface area contributed by atoms with Crippen molar-refractivity contribution in [3.05, 3.63) is 77.0 Å². The van der Waals surface area contributed by atoms with Gasteiger partial charge in [-0.2, -0.15) is 13.2 Å². The molecule has 0 radical (unpaired) electrons. The van der Waals surface area contributed by atoms with E-state index in [2.05, 4.69) is 10.3 Å². The van der Waals surface area contributed by atoms with Crippen LogP contribution in [0.4, 0.5) is 22.0 Å². The number of hydrogen-bond donors (Lipinski definition) is 1. The topological polar surface area (TPSA) is 72.2 Å². The molecule has 0 atom stereocenters. The number of nitrogens with zero attached hydrogens (tertiary/aromatic N) is 1. The van der Waals surface area contributed by atoms with Crippen LogP contribution in [-0.4, -0.2) is 30.4 Å². The molecule has 0 unspecified atom stereocenters. The summed E-state index contributed by atoms with van der Waals surface area (Å²) in [5, 5.41) is 2.63. The van der Waals surface area contributed by atoms with E-state index < -0.39 is 36.6 Å². The number of fused-ring (bicyclic) bond motifs is 1. The molecule has 0 bridgehead atoms. The zero-order valence-corrected chi connectivity index (χ0v) is 18.2. The van der Waals surface area contributed by atoms with Gasteiger partial charge < -0.3 is 9.73 Å². The highest BCUT2D eigenvalue weighted by molar-refractivity contribution is 6.11. The summed E-state index contributed by atoms with van der Waals surface area (Å²) >= 11 is 0. The number of aromatic nitrogens is 1. The summed E-state index contributed by atoms with van der Waals surface area (Å²) in [4.78, 5) is 28.3. The van der Waals surface area contributed by atoms with Crippen molar-refractivity contribution in [3.8, 4) is 22.5 Å². The van der Waals surface area contributed by atoms with Crippen LogP contribution in [0.2, 0.25) is 0 Å². The second-order valence-electron chi connectivity index (χ2n) is 7.73. The molecule has 0 aliphatic heterocycles. The molecule has 4 rings (SSSR count). The number of rotatable bonds is 6. The molecule has 2 heterocycles. The van der Waals surface area contributed by atoms with Crippen LogP contribution in [0, 0.1) is 11.6 Å². The van der Waals surface area contributed by atoms with Crippen molar-refractivity contribution in [2.75, 3.05) is 7.05 Å². The number of nitrogens with one attached hydrogen (secondary N) is 1. The first-order valence-corrected chi connectivity index (χ1v) is 10.4. The molecule has 10 heteroatoms. The Labute approximate surface area is 195 Å². The van der Waals surface area contributed by atoms with Gasteiger partial charge in [-0.3, -0.25) is 9.59 Å². The molecule has 0 fully saturated rings. The van der Waals surface area contributed by atoms with Crippen LogP contribution < -0.4 is 5.32 Å². The maximum Gasteiger partial charge on any atom is 0.389 e. The highest BCUT2D eigenvalue weighted by Gasteiger charge is 2.29. The molecular weight excluding hydrogens is 471 g/mol. The smallest absolute Gasteiger partial charge is 0.389 e. The quantitative estimate of drug-likeness (QED) is 0.263. The molecule has 0 aliphatic carbocycles. The second kappa shape index (κ2) is 9.28. The Morgan fingerprint density at radius 3 is 2.37 bits per heavy atom. The van der Waals surface area contributed by atoms with E-state index in [1.54, 1.807) is 0 Å². The van der Waals surface area contributed by atoms with E-state index >= 15 is 0 Å². The van der Waals surface area contributed by atoms with Gasteiger partial charge in [-0.25, -0.2) is 13.8 Å². The Bertz CT molecular complexity index is 1430. The third-order valence-corrected chi connectivity index (χ3v) is 5.33. The average molecular weight is 488 g/mol. The van der Waals surface area contributed by atoms with Crippen molar-refractivity contribution in [1.29, 1.82) is 0 Å². The number of aryl methyl sites for hydroxylation is 1. The molecule has 5 nitrogen and oxygen atoms in total. The zero-order valence-electron chi connectivity index (χ0n) is 18.2. The fourth-order valence-electron chi connectivity index (χ4n) is 3.75. The van der Waals surface area contributed by atoms with Crippen LogP contribution in [0.5, 0.6) is 0 Å². The van der Waals surface area contributed by atoms with Gasteiger partial charge in [-0.05, 0) is 60.5 Å². The number of carbonyl (C=O) groups excluding carboxylic acids is 2. The summed E-state index contributed by atoms with van der Waals surface area (Å²) in [7, 11) is 1.38. The Balaban J connectivity index is 2.01. The molecular formula is C25H17F5N2O3. The molecule has 35 heavy (non-hydrogen) atoms. The van der Waals surface area contributed by atoms with Crippen molar-refractivity contribution in [2.24, 2.45) is 0 Å². The van der Waals surface area contributed by atoms with Gasteiger partial charge in [0.05, 0.1) is 16.6 Å². The van der Waals surface area contributed by atoms with Gasteiger partial charge in [-0.15, -0.1) is 0 Å². The van der Waals surface area contributed by atoms with Gasteiger partial charge in [0.2, 0.25) is 5.71 Å². The summed E-state index contributed by atoms with van der Waals surface area (Å²) in [6, 6.07) is 9.84. The number of amides is 1. The van der Waals surface area contributed by atoms with E-state index in [9.17, 15) is 31.5 Å². The second-order valence-corrected chi connectivity index (χ2v) is 7.73. The number of pyridine rings is 1. The first-order valence-electron chi connectivity index (χ1n) is 10.4. The Morgan fingerprint density at radius 1 is 1.03 bits per heavy atom. The van der Waals surface area contributed by atoms with Crippen LogP contribution >= 0.6 is 0 Å². The third kappa shape index (κ3) is 5.06. The van der Waals surface area contributed by atoms with Gasteiger partial charge in [0.1, 0.15) is 23.7 Å². The molecule has 2 aromatic heterocycles. The average Bonchev–Trinajstić information content (AvgIpc) is 3.19. The minimum absolute atomic E-state index is 0.0208. The maximum atomic E-state index is 14.2. The number of furan rings is 1. The summed E-state index contributed by atoms with van der Waals surface area (Å²) < 4.78 is 72.4. The van der Waals surface area contributed by atoms with E-state index in [0.29, 0.717) is 11.8 Å². The number of alkyl halides is 3. The Kier molecular flexibility index (Phi) is 6.38. The fourth-order valence-corrected chi connectivity index (χ4v) is 3.75. The number of halogens is 5. The maximum absolute atomic E-state index is 14.2. The standard InChI is InChI=1S/C25H17F5N2O3/c1-31-23(34)21-19-11-18(15-8-13(12-33)9-17(27)10-15)20(6-7-25(28,29)30)32-24(19)35-22(21)14-2-4-16(26)5-3-14/h2-5,8-12H,6-7H2,1H3,(H,31,34). The highest BCUT2D eigenvalue weighted by atomic mass is 19.4. The summed E-state index contributed by atoms with van der Waals surface area (Å²) in [6.07, 6.45) is -5.83. The predicted molar refractivity (Wildman–Crippen MR) is 118 cm³/mol. The van der Waals surface area contributed by atoms with Crippen LogP contribution in [0.1, 0.15) is 32.8 Å². The van der Waals surface area contributed by atoms with Crippen molar-refractivity contribution in [2.45, 2.75) is 19.0 Å². The Morgan fingerprint density at radius 2 is 1.74 bits per heavy atom. The van der Waals surface area contributed by atoms with E-state index in [1.165, 1.54) is 31.3 Å². The summed E-state index contributed by atoms with van der Waals surface area (Å²) in [5.74, 6) is -1.82. The van der Waals surface area contributed by atoms with Crippen molar-refractivity contribution in [3.63, 3.8) is 0 Å². The fraction of sp³-hybridized carbons (Fsp3) is 0.160. The Hall–Kier alpha value is -4.08. The SMILES string of the molecule is CNC(=O)c1c(-c2ccc(F)cc2)oc2nc(CCC(F)(F)F)c(-c3cc(F)cc(C=O)c3)cc12. The first kappa shape index (κ1) is 24.1. The zero-order chi connectivity index (χ0) is 25.3. The lowest BCUT2D eigenvalue weighted by molar-refractivity contribution is -0.134. The van der Waals surface area contributed by atoms with Crippen molar-refractivity contribution >= 4 is 23.3 Å². The van der Waals surface area contributed by atoms with Crippen LogP contribution in [-0.2, 0) is 6.42 Å². The van der Waals surface area contributed by atoms with Gasteiger partial charge in [0.25, 0.3) is 5.91 Å². The summed E-state index contributed by atoms with van der Waals surface area (Å²) in [6.45, 7) is 0. The number of carbonyl (C=O) groups is 2. The normalized spacial score (nSPS) is 11.6. The minimum Gasteiger partial charge on any atom is -0.437 e. The monoisotopic (exact) mass is 488 g/mol. The lowest BCUT2D eigenvalue weighted by atomic mass is 9.97. The highest BCUT2D eigenvalue weighted by Crippen LogP contribution is 2.37. The van der Waals surface area contributed by atoms with E-state index in [0.717, 1.165) is 24.3 Å². The van der Waals surface area contributed by atoms with Gasteiger partial charge in [0.15, 0.2) is 0 Å². The van der Waals surface area contributed by atoms with Gasteiger partial charge >= 0.3 is 6.18 Å². The molecule has 180 valence electrons. The molecule has 1 N–H and O–H groups in total. The molecule has 0 saturated heterocycles. The number of benzene rings is 2. The number of hydrogen-bond acceptors (Lipinski definition) is 4. The largest absolute Gasteiger partial charge is 0.437 e. The molecule has 1 amide bonds. The third-order valence-electron chi connectivity index (χ3n) is 5.33. The van der Waals surface area contributed by atoms with E-state index in [1.807, 2.05) is 0 Å². The summed E-state index contributed by atoms with van der Waals surface area (Å²) in [5.41, 5.74) is 0.406. The van der Waals surface area contributed by atoms with Crippen LogP contribution in [0.15, 0.2) is 52.9 Å². The molecule has 0 aliphatic rings. The molecule has 0 saturated carbocycles. The minimum atomic E-state index is -4.49. The first-order chi connectivity index (χ1) is 16.6. The predicted octanol–water partition coefficient (Wildman–Crippen LogP) is 6.11. The van der Waals surface area contributed by atoms with E-state index in [-0.39, 0.29) is 44.8 Å².